The van der Waals surface area contributed by atoms with Gasteiger partial charge in [-0.05, 0) is 19.3 Å². The van der Waals surface area contributed by atoms with E-state index in [1.807, 2.05) is 0 Å². The van der Waals surface area contributed by atoms with Crippen LogP contribution in [-0.2, 0) is 4.74 Å². The third-order valence-electron chi connectivity index (χ3n) is 4.36. The summed E-state index contributed by atoms with van der Waals surface area (Å²) in [6.45, 7) is 4.30. The van der Waals surface area contributed by atoms with Gasteiger partial charge in [-0.25, -0.2) is 0 Å². The molecule has 0 amide bonds. The Balaban J connectivity index is 1.75. The zero-order valence-corrected chi connectivity index (χ0v) is 11.4. The van der Waals surface area contributed by atoms with E-state index in [-0.39, 0.29) is 18.8 Å². The van der Waals surface area contributed by atoms with Crippen LogP contribution < -0.4 is 0 Å². The number of ether oxygens (including phenoxy) is 1. The largest absolute Gasteiger partial charge is 0.394 e. The van der Waals surface area contributed by atoms with Gasteiger partial charge in [0.15, 0.2) is 0 Å². The quantitative estimate of drug-likeness (QED) is 0.772. The van der Waals surface area contributed by atoms with Crippen molar-refractivity contribution < 1.29 is 14.9 Å². The molecule has 0 bridgehead atoms. The molecule has 18 heavy (non-hydrogen) atoms. The minimum Gasteiger partial charge on any atom is -0.394 e. The van der Waals surface area contributed by atoms with Gasteiger partial charge in [0.25, 0.3) is 0 Å². The Bertz CT molecular complexity index is 243. The van der Waals surface area contributed by atoms with Gasteiger partial charge in [-0.2, -0.15) is 0 Å². The molecule has 1 saturated carbocycles. The van der Waals surface area contributed by atoms with E-state index >= 15 is 0 Å². The average Bonchev–Trinajstić information content (AvgIpc) is 2.84. The highest BCUT2D eigenvalue weighted by Crippen LogP contribution is 2.29. The highest BCUT2D eigenvalue weighted by atomic mass is 16.5. The van der Waals surface area contributed by atoms with Gasteiger partial charge in [-0.3, -0.25) is 4.90 Å². The van der Waals surface area contributed by atoms with Crippen molar-refractivity contribution in [1.29, 1.82) is 0 Å². The molecule has 1 aliphatic heterocycles. The average molecular weight is 257 g/mol. The van der Waals surface area contributed by atoms with Crippen molar-refractivity contribution in [3.63, 3.8) is 0 Å². The first-order valence-corrected chi connectivity index (χ1v) is 7.33. The number of hydrogen-bond donors (Lipinski definition) is 2. The fourth-order valence-electron chi connectivity index (χ4n) is 3.22. The minimum atomic E-state index is -0.229. The van der Waals surface area contributed by atoms with Crippen molar-refractivity contribution in [2.75, 3.05) is 26.3 Å². The maximum absolute atomic E-state index is 10.2. The second-order valence-electron chi connectivity index (χ2n) is 5.98. The molecular weight excluding hydrogens is 230 g/mol. The van der Waals surface area contributed by atoms with E-state index < -0.39 is 0 Å². The molecule has 106 valence electrons. The van der Waals surface area contributed by atoms with Crippen LogP contribution in [0.15, 0.2) is 0 Å². The van der Waals surface area contributed by atoms with Gasteiger partial charge < -0.3 is 14.9 Å². The molecule has 3 unspecified atom stereocenters. The number of aliphatic hydroxyl groups is 2. The van der Waals surface area contributed by atoms with Gasteiger partial charge in [0.2, 0.25) is 0 Å². The molecular formula is C14H27NO3. The number of nitrogens with zero attached hydrogens (tertiary/aromatic N) is 1. The Morgan fingerprint density at radius 2 is 2.06 bits per heavy atom. The molecule has 2 rings (SSSR count). The van der Waals surface area contributed by atoms with Crippen LogP contribution in [0.4, 0.5) is 0 Å². The monoisotopic (exact) mass is 257 g/mol. The zero-order valence-electron chi connectivity index (χ0n) is 11.4. The highest BCUT2D eigenvalue weighted by molar-refractivity contribution is 4.80. The Morgan fingerprint density at radius 3 is 2.72 bits per heavy atom. The summed E-state index contributed by atoms with van der Waals surface area (Å²) in [5.74, 6) is 0.727. The van der Waals surface area contributed by atoms with Crippen molar-refractivity contribution >= 4 is 0 Å². The van der Waals surface area contributed by atoms with Gasteiger partial charge in [0.05, 0.1) is 25.4 Å². The maximum Gasteiger partial charge on any atom is 0.0933 e. The molecule has 3 atom stereocenters. The predicted molar refractivity (Wildman–Crippen MR) is 70.4 cm³/mol. The summed E-state index contributed by atoms with van der Waals surface area (Å²) >= 11 is 0. The molecule has 2 fully saturated rings. The first kappa shape index (κ1) is 14.3. The topological polar surface area (TPSA) is 52.9 Å². The van der Waals surface area contributed by atoms with Gasteiger partial charge in [0, 0.05) is 19.1 Å². The Labute approximate surface area is 110 Å². The van der Waals surface area contributed by atoms with Crippen molar-refractivity contribution in [2.45, 2.75) is 57.3 Å². The third kappa shape index (κ3) is 3.92. The standard InChI is InChI=1S/C14H27NO3/c1-11-10-18-14(9-16)8-15(11)7-13(17)6-12-4-2-3-5-12/h11-14,16-17H,2-10H2,1H3. The van der Waals surface area contributed by atoms with Gasteiger partial charge in [0.1, 0.15) is 0 Å². The predicted octanol–water partition coefficient (Wildman–Crippen LogP) is 1.01. The summed E-state index contributed by atoms with van der Waals surface area (Å²) in [6, 6.07) is 0.339. The molecule has 4 nitrogen and oxygen atoms in total. The summed E-state index contributed by atoms with van der Waals surface area (Å²) in [5, 5.41) is 19.3. The first-order valence-electron chi connectivity index (χ1n) is 7.33. The summed E-state index contributed by atoms with van der Waals surface area (Å²) in [5.41, 5.74) is 0. The molecule has 2 N–H and O–H groups in total. The summed E-state index contributed by atoms with van der Waals surface area (Å²) in [7, 11) is 0. The van der Waals surface area contributed by atoms with Crippen LogP contribution in [0.1, 0.15) is 39.0 Å². The molecule has 1 aliphatic carbocycles. The summed E-state index contributed by atoms with van der Waals surface area (Å²) < 4.78 is 5.51. The molecule has 0 spiro atoms. The molecule has 0 aromatic carbocycles. The van der Waals surface area contributed by atoms with Gasteiger partial charge >= 0.3 is 0 Å². The lowest BCUT2D eigenvalue weighted by molar-refractivity contribution is -0.0877. The number of morpholine rings is 1. The van der Waals surface area contributed by atoms with Crippen LogP contribution in [0.2, 0.25) is 0 Å². The molecule has 1 heterocycles. The molecule has 0 aromatic rings. The second-order valence-corrected chi connectivity index (χ2v) is 5.98. The smallest absolute Gasteiger partial charge is 0.0933 e. The van der Waals surface area contributed by atoms with E-state index in [9.17, 15) is 5.11 Å². The van der Waals surface area contributed by atoms with Crippen LogP contribution in [0, 0.1) is 5.92 Å². The molecule has 2 aliphatic rings. The third-order valence-corrected chi connectivity index (χ3v) is 4.36. The van der Waals surface area contributed by atoms with Crippen molar-refractivity contribution in [3.8, 4) is 0 Å². The fourth-order valence-corrected chi connectivity index (χ4v) is 3.22. The number of hydrogen-bond acceptors (Lipinski definition) is 4. The number of aliphatic hydroxyl groups excluding tert-OH is 2. The van der Waals surface area contributed by atoms with E-state index in [4.69, 9.17) is 9.84 Å². The van der Waals surface area contributed by atoms with Crippen LogP contribution >= 0.6 is 0 Å². The van der Waals surface area contributed by atoms with Crippen molar-refractivity contribution in [2.24, 2.45) is 5.92 Å². The molecule has 1 saturated heterocycles. The van der Waals surface area contributed by atoms with Gasteiger partial charge in [-0.1, -0.05) is 25.7 Å². The van der Waals surface area contributed by atoms with Crippen molar-refractivity contribution in [3.05, 3.63) is 0 Å². The Kier molecular flexibility index (Phi) is 5.42. The number of rotatable bonds is 5. The fraction of sp³-hybridized carbons (Fsp3) is 1.00. The number of β-amino-alcohol motifs (C(OH)–C–C–N with tert-alkyl or cyclic N) is 1. The van der Waals surface area contributed by atoms with Crippen LogP contribution in [0.5, 0.6) is 0 Å². The van der Waals surface area contributed by atoms with Crippen LogP contribution in [-0.4, -0.2) is 59.7 Å². The second kappa shape index (κ2) is 6.85. The van der Waals surface area contributed by atoms with Crippen molar-refractivity contribution in [1.82, 2.24) is 4.90 Å². The molecule has 0 aromatic heterocycles. The van der Waals surface area contributed by atoms with E-state index in [0.717, 1.165) is 25.4 Å². The zero-order chi connectivity index (χ0) is 13.0. The molecule has 4 heteroatoms. The maximum atomic E-state index is 10.2. The Morgan fingerprint density at radius 1 is 1.33 bits per heavy atom. The lowest BCUT2D eigenvalue weighted by Crippen LogP contribution is -2.51. The lowest BCUT2D eigenvalue weighted by atomic mass is 9.99. The summed E-state index contributed by atoms with van der Waals surface area (Å²) in [6.07, 6.45) is 5.86. The van der Waals surface area contributed by atoms with Gasteiger partial charge in [-0.15, -0.1) is 0 Å². The SMILES string of the molecule is CC1COC(CO)CN1CC(O)CC1CCCC1. The lowest BCUT2D eigenvalue weighted by Gasteiger charge is -2.38. The van der Waals surface area contributed by atoms with E-state index in [1.165, 1.54) is 25.7 Å². The normalized spacial score (nSPS) is 32.8. The highest BCUT2D eigenvalue weighted by Gasteiger charge is 2.28. The van der Waals surface area contributed by atoms with E-state index in [1.54, 1.807) is 0 Å². The molecule has 0 radical (unpaired) electrons. The van der Waals surface area contributed by atoms with E-state index in [2.05, 4.69) is 11.8 Å². The van der Waals surface area contributed by atoms with Crippen LogP contribution in [0.25, 0.3) is 0 Å². The minimum absolute atomic E-state index is 0.0714. The summed E-state index contributed by atoms with van der Waals surface area (Å²) in [4.78, 5) is 2.25. The Hall–Kier alpha value is -0.160. The van der Waals surface area contributed by atoms with Crippen LogP contribution in [0.3, 0.4) is 0 Å². The van der Waals surface area contributed by atoms with E-state index in [0.29, 0.717) is 12.6 Å². The first-order chi connectivity index (χ1) is 8.69.